The lowest BCUT2D eigenvalue weighted by Gasteiger charge is -2.55. The van der Waals surface area contributed by atoms with Crippen molar-refractivity contribution in [3.63, 3.8) is 0 Å². The number of nitrogens with one attached hydrogen (secondary N) is 1. The minimum Gasteiger partial charge on any atom is -0.466 e. The monoisotopic (exact) mass is 446 g/mol. The van der Waals surface area contributed by atoms with Crippen LogP contribution >= 0.6 is 28.1 Å². The number of ether oxygens (including phenoxy) is 2. The zero-order chi connectivity index (χ0) is 19.2. The third-order valence-electron chi connectivity index (χ3n) is 5.01. The average Bonchev–Trinajstić information content (AvgIpc) is 2.63. The summed E-state index contributed by atoms with van der Waals surface area (Å²) in [5, 5.41) is 3.86. The Kier molecular flexibility index (Phi) is 4.60. The predicted molar refractivity (Wildman–Crippen MR) is 111 cm³/mol. The van der Waals surface area contributed by atoms with Gasteiger partial charge in [0.2, 0.25) is 5.72 Å². The maximum atomic E-state index is 13.0. The zero-order valence-electron chi connectivity index (χ0n) is 14.9. The lowest BCUT2D eigenvalue weighted by molar-refractivity contribution is -0.159. The zero-order valence-corrected chi connectivity index (χ0v) is 17.3. The van der Waals surface area contributed by atoms with E-state index in [1.807, 2.05) is 60.4 Å². The number of thiocarbonyl (C=S) groups is 1. The fraction of sp³-hybridized carbons (Fsp3) is 0.300. The number of hydrogen-bond acceptors (Lipinski definition) is 4. The molecule has 2 aliphatic heterocycles. The van der Waals surface area contributed by atoms with Crippen molar-refractivity contribution >= 4 is 44.9 Å². The van der Waals surface area contributed by atoms with Crippen molar-refractivity contribution in [2.45, 2.75) is 25.6 Å². The molecule has 1 N–H and O–H groups in total. The Labute approximate surface area is 171 Å². The van der Waals surface area contributed by atoms with Gasteiger partial charge in [0, 0.05) is 15.7 Å². The fourth-order valence-electron chi connectivity index (χ4n) is 3.91. The van der Waals surface area contributed by atoms with E-state index in [0.29, 0.717) is 11.7 Å². The van der Waals surface area contributed by atoms with Crippen LogP contribution in [-0.2, 0) is 9.53 Å². The molecular formula is C20H19BrN2O3S. The Morgan fingerprint density at radius 3 is 2.78 bits per heavy atom. The molecule has 2 aliphatic rings. The van der Waals surface area contributed by atoms with E-state index in [4.69, 9.17) is 21.7 Å². The van der Waals surface area contributed by atoms with Gasteiger partial charge in [-0.15, -0.1) is 0 Å². The summed E-state index contributed by atoms with van der Waals surface area (Å²) in [6, 6.07) is 15.2. The van der Waals surface area contributed by atoms with Crippen LogP contribution in [0.15, 0.2) is 53.0 Å². The first-order valence-electron chi connectivity index (χ1n) is 8.76. The van der Waals surface area contributed by atoms with Crippen LogP contribution in [0.5, 0.6) is 5.75 Å². The first-order chi connectivity index (χ1) is 13.0. The fourth-order valence-corrected chi connectivity index (χ4v) is 4.71. The highest BCUT2D eigenvalue weighted by Gasteiger charge is 2.59. The first kappa shape index (κ1) is 18.3. The molecule has 2 aromatic rings. The average molecular weight is 447 g/mol. The lowest BCUT2D eigenvalue weighted by atomic mass is 9.79. The van der Waals surface area contributed by atoms with Crippen LogP contribution in [-0.4, -0.2) is 23.4 Å². The molecule has 2 bridgehead atoms. The Morgan fingerprint density at radius 1 is 1.33 bits per heavy atom. The van der Waals surface area contributed by atoms with Crippen LogP contribution in [0.1, 0.15) is 25.5 Å². The molecule has 5 nitrogen and oxygen atoms in total. The van der Waals surface area contributed by atoms with Gasteiger partial charge in [0.1, 0.15) is 11.7 Å². The molecular weight excluding hydrogens is 428 g/mol. The van der Waals surface area contributed by atoms with Gasteiger partial charge in [0.25, 0.3) is 0 Å². The molecule has 1 fully saturated rings. The highest BCUT2D eigenvalue weighted by atomic mass is 79.9. The molecule has 3 atom stereocenters. The van der Waals surface area contributed by atoms with E-state index in [9.17, 15) is 4.79 Å². The van der Waals surface area contributed by atoms with Gasteiger partial charge in [-0.3, -0.25) is 9.69 Å². The molecule has 2 aromatic carbocycles. The quantitative estimate of drug-likeness (QED) is 0.563. The summed E-state index contributed by atoms with van der Waals surface area (Å²) < 4.78 is 12.8. The van der Waals surface area contributed by atoms with Crippen molar-refractivity contribution in [3.8, 4) is 5.75 Å². The second kappa shape index (κ2) is 6.80. The molecule has 0 spiro atoms. The van der Waals surface area contributed by atoms with Crippen molar-refractivity contribution in [1.29, 1.82) is 0 Å². The number of esters is 1. The molecule has 7 heteroatoms. The highest BCUT2D eigenvalue weighted by molar-refractivity contribution is 9.10. The Balaban J connectivity index is 1.90. The summed E-state index contributed by atoms with van der Waals surface area (Å²) in [5.74, 6) is -0.181. The molecule has 140 valence electrons. The van der Waals surface area contributed by atoms with Crippen LogP contribution in [0.25, 0.3) is 0 Å². The minimum absolute atomic E-state index is 0.305. The van der Waals surface area contributed by atoms with Crippen molar-refractivity contribution in [1.82, 2.24) is 5.32 Å². The molecule has 0 unspecified atom stereocenters. The lowest BCUT2D eigenvalue weighted by Crippen LogP contribution is -2.71. The van der Waals surface area contributed by atoms with Gasteiger partial charge in [-0.2, -0.15) is 0 Å². The van der Waals surface area contributed by atoms with Gasteiger partial charge in [-0.1, -0.05) is 34.1 Å². The minimum atomic E-state index is -1.01. The largest absolute Gasteiger partial charge is 0.466 e. The number of carbonyl (C=O) groups excluding carboxylic acids is 1. The molecule has 1 saturated heterocycles. The SMILES string of the molecule is CCOC(=O)[C@H]1[C@H]2NC(=S)N(c3ccccc3)[C@@]1(C)Oc1ccc(Br)cc12. The summed E-state index contributed by atoms with van der Waals surface area (Å²) in [7, 11) is 0. The van der Waals surface area contributed by atoms with Gasteiger partial charge in [-0.25, -0.2) is 0 Å². The van der Waals surface area contributed by atoms with Crippen LogP contribution in [0.3, 0.4) is 0 Å². The number of nitrogens with zero attached hydrogens (tertiary/aromatic N) is 1. The maximum Gasteiger partial charge on any atom is 0.317 e. The molecule has 0 aromatic heterocycles. The van der Waals surface area contributed by atoms with Gasteiger partial charge in [0.05, 0.1) is 12.6 Å². The molecule has 0 aliphatic carbocycles. The van der Waals surface area contributed by atoms with Crippen molar-refractivity contribution < 1.29 is 14.3 Å². The number of carbonyl (C=O) groups is 1. The second-order valence-corrected chi connectivity index (χ2v) is 7.97. The van der Waals surface area contributed by atoms with E-state index in [-0.39, 0.29) is 12.0 Å². The van der Waals surface area contributed by atoms with Crippen molar-refractivity contribution in [2.75, 3.05) is 11.5 Å². The molecule has 2 heterocycles. The number of fused-ring (bicyclic) bond motifs is 4. The number of para-hydroxylation sites is 1. The summed E-state index contributed by atoms with van der Waals surface area (Å²) >= 11 is 9.17. The number of benzene rings is 2. The van der Waals surface area contributed by atoms with Gasteiger partial charge in [-0.05, 0) is 56.4 Å². The van der Waals surface area contributed by atoms with Crippen molar-refractivity contribution in [2.24, 2.45) is 5.92 Å². The van der Waals surface area contributed by atoms with E-state index >= 15 is 0 Å². The number of halogens is 1. The van der Waals surface area contributed by atoms with Crippen LogP contribution in [0.4, 0.5) is 5.69 Å². The number of anilines is 1. The van der Waals surface area contributed by atoms with E-state index in [1.165, 1.54) is 0 Å². The van der Waals surface area contributed by atoms with E-state index < -0.39 is 11.6 Å². The topological polar surface area (TPSA) is 50.8 Å². The third kappa shape index (κ3) is 2.89. The molecule has 0 saturated carbocycles. The Bertz CT molecular complexity index is 907. The summed E-state index contributed by atoms with van der Waals surface area (Å²) in [5.41, 5.74) is 0.724. The maximum absolute atomic E-state index is 13.0. The molecule has 4 rings (SSSR count). The molecule has 27 heavy (non-hydrogen) atoms. The standard InChI is InChI=1S/C20H19BrN2O3S/c1-3-25-18(24)16-17-14-11-12(21)9-10-15(14)26-20(16,2)23(19(27)22-17)13-7-5-4-6-8-13/h4-11,16-17H,3H2,1-2H3,(H,22,27)/t16-,17+,20+/m1/s1. The number of hydrogen-bond donors (Lipinski definition) is 1. The van der Waals surface area contributed by atoms with Gasteiger partial charge in [0.15, 0.2) is 5.11 Å². The van der Waals surface area contributed by atoms with Gasteiger partial charge >= 0.3 is 5.97 Å². The van der Waals surface area contributed by atoms with Crippen molar-refractivity contribution in [3.05, 3.63) is 58.6 Å². The predicted octanol–water partition coefficient (Wildman–Crippen LogP) is 4.17. The number of rotatable bonds is 3. The Morgan fingerprint density at radius 2 is 2.07 bits per heavy atom. The second-order valence-electron chi connectivity index (χ2n) is 6.67. The summed E-state index contributed by atoms with van der Waals surface area (Å²) in [6.07, 6.45) is 0. The third-order valence-corrected chi connectivity index (χ3v) is 5.81. The van der Waals surface area contributed by atoms with E-state index in [1.54, 1.807) is 6.92 Å². The Hall–Kier alpha value is -2.12. The normalized spacial score (nSPS) is 25.9. The van der Waals surface area contributed by atoms with E-state index in [0.717, 1.165) is 21.5 Å². The molecule has 0 radical (unpaired) electrons. The smallest absolute Gasteiger partial charge is 0.317 e. The van der Waals surface area contributed by atoms with Crippen LogP contribution in [0.2, 0.25) is 0 Å². The van der Waals surface area contributed by atoms with Gasteiger partial charge < -0.3 is 14.8 Å². The van der Waals surface area contributed by atoms with Crippen LogP contribution < -0.4 is 15.0 Å². The molecule has 0 amide bonds. The first-order valence-corrected chi connectivity index (χ1v) is 9.96. The highest BCUT2D eigenvalue weighted by Crippen LogP contribution is 2.50. The summed E-state index contributed by atoms with van der Waals surface area (Å²) in [4.78, 5) is 14.8. The summed E-state index contributed by atoms with van der Waals surface area (Å²) in [6.45, 7) is 4.00. The van der Waals surface area contributed by atoms with E-state index in [2.05, 4.69) is 21.2 Å². The van der Waals surface area contributed by atoms with Crippen LogP contribution in [0, 0.1) is 5.92 Å².